The largest absolute Gasteiger partial charge is 0.481 e. The van der Waals surface area contributed by atoms with Gasteiger partial charge in [-0.15, -0.1) is 0 Å². The molecular formula is C12H22N2O3. The first kappa shape index (κ1) is 14.0. The van der Waals surface area contributed by atoms with Gasteiger partial charge in [-0.2, -0.15) is 0 Å². The predicted octanol–water partition coefficient (Wildman–Crippen LogP) is 0.733. The molecule has 1 atom stereocenters. The second-order valence-electron chi connectivity index (χ2n) is 5.12. The maximum Gasteiger partial charge on any atom is 0.303 e. The van der Waals surface area contributed by atoms with E-state index >= 15 is 0 Å². The number of hydrogen-bond acceptors (Lipinski definition) is 3. The normalized spacial score (nSPS) is 19.2. The highest BCUT2D eigenvalue weighted by atomic mass is 16.4. The second kappa shape index (κ2) is 6.00. The molecule has 0 heterocycles. The molecule has 0 aromatic rings. The summed E-state index contributed by atoms with van der Waals surface area (Å²) in [6.45, 7) is 2.81. The summed E-state index contributed by atoms with van der Waals surface area (Å²) < 4.78 is 0. The van der Waals surface area contributed by atoms with Crippen LogP contribution in [0, 0.1) is 11.3 Å². The summed E-state index contributed by atoms with van der Waals surface area (Å²) in [4.78, 5) is 22.5. The Hall–Kier alpha value is -1.10. The van der Waals surface area contributed by atoms with Gasteiger partial charge in [-0.25, -0.2) is 0 Å². The molecule has 1 saturated carbocycles. The topological polar surface area (TPSA) is 92.4 Å². The molecule has 0 aromatic carbocycles. The fourth-order valence-electron chi connectivity index (χ4n) is 2.24. The van der Waals surface area contributed by atoms with Gasteiger partial charge >= 0.3 is 5.97 Å². The lowest BCUT2D eigenvalue weighted by molar-refractivity contribution is -0.142. The number of nitrogens with two attached hydrogens (primary N) is 1. The maximum absolute atomic E-state index is 11.7. The number of aliphatic carboxylic acids is 1. The number of carboxylic acid groups (broad SMARTS) is 1. The van der Waals surface area contributed by atoms with Crippen molar-refractivity contribution in [3.63, 3.8) is 0 Å². The van der Waals surface area contributed by atoms with Gasteiger partial charge in [0.2, 0.25) is 5.91 Å². The molecule has 98 valence electrons. The standard InChI is InChI=1S/C12H22N2O3/c1-9(3-6-13)11(17)14-8-12(4-2-5-12)7-10(15)16/h9H,2-8,13H2,1H3,(H,14,17)(H,15,16). The Kier molecular flexibility index (Phi) is 4.93. The van der Waals surface area contributed by atoms with Gasteiger partial charge in [-0.05, 0) is 31.2 Å². The molecule has 17 heavy (non-hydrogen) atoms. The molecule has 1 rings (SSSR count). The molecule has 0 aliphatic heterocycles. The highest BCUT2D eigenvalue weighted by Crippen LogP contribution is 2.43. The van der Waals surface area contributed by atoms with E-state index in [1.54, 1.807) is 0 Å². The van der Waals surface area contributed by atoms with E-state index in [-0.39, 0.29) is 23.7 Å². The Morgan fingerprint density at radius 2 is 2.12 bits per heavy atom. The van der Waals surface area contributed by atoms with Crippen LogP contribution in [0.3, 0.4) is 0 Å². The smallest absolute Gasteiger partial charge is 0.303 e. The first-order chi connectivity index (χ1) is 7.99. The fraction of sp³-hybridized carbons (Fsp3) is 0.833. The van der Waals surface area contributed by atoms with Gasteiger partial charge in [0.25, 0.3) is 0 Å². The molecule has 1 unspecified atom stereocenters. The maximum atomic E-state index is 11.7. The zero-order valence-corrected chi connectivity index (χ0v) is 10.4. The van der Waals surface area contributed by atoms with Crippen LogP contribution >= 0.6 is 0 Å². The number of nitrogens with one attached hydrogen (secondary N) is 1. The number of carbonyl (C=O) groups is 2. The van der Waals surface area contributed by atoms with Crippen LogP contribution < -0.4 is 11.1 Å². The average Bonchev–Trinajstić information content (AvgIpc) is 2.21. The molecule has 0 saturated heterocycles. The molecular weight excluding hydrogens is 220 g/mol. The number of carbonyl (C=O) groups excluding carboxylic acids is 1. The van der Waals surface area contributed by atoms with E-state index in [1.165, 1.54) is 0 Å². The lowest BCUT2D eigenvalue weighted by atomic mass is 9.66. The SMILES string of the molecule is CC(CCN)C(=O)NCC1(CC(=O)O)CCC1. The van der Waals surface area contributed by atoms with Crippen molar-refractivity contribution in [3.8, 4) is 0 Å². The van der Waals surface area contributed by atoms with Crippen molar-refractivity contribution in [2.24, 2.45) is 17.1 Å². The average molecular weight is 242 g/mol. The Balaban J connectivity index is 2.37. The minimum Gasteiger partial charge on any atom is -0.481 e. The number of hydrogen-bond donors (Lipinski definition) is 3. The van der Waals surface area contributed by atoms with Gasteiger partial charge in [-0.1, -0.05) is 13.3 Å². The highest BCUT2D eigenvalue weighted by molar-refractivity contribution is 5.78. The molecule has 0 bridgehead atoms. The second-order valence-corrected chi connectivity index (χ2v) is 5.12. The van der Waals surface area contributed by atoms with Crippen LogP contribution in [0.15, 0.2) is 0 Å². The lowest BCUT2D eigenvalue weighted by Crippen LogP contribution is -2.45. The van der Waals surface area contributed by atoms with Crippen LogP contribution in [0.25, 0.3) is 0 Å². The third-order valence-corrected chi connectivity index (χ3v) is 3.63. The van der Waals surface area contributed by atoms with Crippen molar-refractivity contribution in [3.05, 3.63) is 0 Å². The summed E-state index contributed by atoms with van der Waals surface area (Å²) in [5.74, 6) is -0.900. The zero-order valence-electron chi connectivity index (χ0n) is 10.4. The van der Waals surface area contributed by atoms with Gasteiger partial charge in [-0.3, -0.25) is 9.59 Å². The Morgan fingerprint density at radius 3 is 2.53 bits per heavy atom. The molecule has 5 heteroatoms. The van der Waals surface area contributed by atoms with Crippen LogP contribution in [-0.2, 0) is 9.59 Å². The van der Waals surface area contributed by atoms with Crippen molar-refractivity contribution in [1.82, 2.24) is 5.32 Å². The molecule has 0 aromatic heterocycles. The van der Waals surface area contributed by atoms with Gasteiger partial charge in [0.15, 0.2) is 0 Å². The van der Waals surface area contributed by atoms with Gasteiger partial charge in [0.1, 0.15) is 0 Å². The van der Waals surface area contributed by atoms with E-state index in [0.29, 0.717) is 19.5 Å². The Morgan fingerprint density at radius 1 is 1.47 bits per heavy atom. The predicted molar refractivity (Wildman–Crippen MR) is 64.4 cm³/mol. The molecule has 1 aliphatic rings. The van der Waals surface area contributed by atoms with Crippen molar-refractivity contribution in [2.75, 3.05) is 13.1 Å². The molecule has 1 amide bonds. The molecule has 5 nitrogen and oxygen atoms in total. The minimum atomic E-state index is -0.783. The Bertz CT molecular complexity index is 287. The van der Waals surface area contributed by atoms with Crippen LogP contribution in [0.5, 0.6) is 0 Å². The van der Waals surface area contributed by atoms with Crippen molar-refractivity contribution >= 4 is 11.9 Å². The first-order valence-electron chi connectivity index (χ1n) is 6.19. The van der Waals surface area contributed by atoms with Gasteiger partial charge in [0.05, 0.1) is 6.42 Å². The van der Waals surface area contributed by atoms with E-state index in [9.17, 15) is 9.59 Å². The van der Waals surface area contributed by atoms with Gasteiger partial charge in [0, 0.05) is 12.5 Å². The molecule has 0 spiro atoms. The highest BCUT2D eigenvalue weighted by Gasteiger charge is 2.39. The molecule has 1 aliphatic carbocycles. The Labute approximate surface area is 102 Å². The zero-order chi connectivity index (χ0) is 12.9. The van der Waals surface area contributed by atoms with Crippen LogP contribution in [0.2, 0.25) is 0 Å². The van der Waals surface area contributed by atoms with Crippen LogP contribution in [0.4, 0.5) is 0 Å². The minimum absolute atomic E-state index is 0.0212. The van der Waals surface area contributed by atoms with Gasteiger partial charge < -0.3 is 16.2 Å². The van der Waals surface area contributed by atoms with Crippen molar-refractivity contribution in [2.45, 2.75) is 39.0 Å². The van der Waals surface area contributed by atoms with E-state index < -0.39 is 5.97 Å². The van der Waals surface area contributed by atoms with E-state index in [2.05, 4.69) is 5.32 Å². The van der Waals surface area contributed by atoms with E-state index in [4.69, 9.17) is 10.8 Å². The molecule has 1 fully saturated rings. The van der Waals surface area contributed by atoms with E-state index in [1.807, 2.05) is 6.92 Å². The quantitative estimate of drug-likeness (QED) is 0.613. The summed E-state index contributed by atoms with van der Waals surface area (Å²) in [6.07, 6.45) is 3.66. The number of amides is 1. The summed E-state index contributed by atoms with van der Waals surface area (Å²) in [6, 6.07) is 0. The third-order valence-electron chi connectivity index (χ3n) is 3.63. The third kappa shape index (κ3) is 4.00. The summed E-state index contributed by atoms with van der Waals surface area (Å²) in [5.41, 5.74) is 5.19. The fourth-order valence-corrected chi connectivity index (χ4v) is 2.24. The lowest BCUT2D eigenvalue weighted by Gasteiger charge is -2.41. The van der Waals surface area contributed by atoms with E-state index in [0.717, 1.165) is 19.3 Å². The first-order valence-corrected chi connectivity index (χ1v) is 6.19. The monoisotopic (exact) mass is 242 g/mol. The van der Waals surface area contributed by atoms with Crippen LogP contribution in [0.1, 0.15) is 39.0 Å². The van der Waals surface area contributed by atoms with Crippen molar-refractivity contribution in [1.29, 1.82) is 0 Å². The number of carboxylic acids is 1. The number of rotatable bonds is 7. The molecule has 4 N–H and O–H groups in total. The summed E-state index contributed by atoms with van der Waals surface area (Å²) in [5, 5.41) is 11.7. The van der Waals surface area contributed by atoms with Crippen LogP contribution in [-0.4, -0.2) is 30.1 Å². The summed E-state index contributed by atoms with van der Waals surface area (Å²) in [7, 11) is 0. The summed E-state index contributed by atoms with van der Waals surface area (Å²) >= 11 is 0. The van der Waals surface area contributed by atoms with Crippen molar-refractivity contribution < 1.29 is 14.7 Å². The molecule has 0 radical (unpaired) electrons.